The average Bonchev–Trinajstić information content (AvgIpc) is 2.81. The molecule has 1 N–H and O–H groups in total. The summed E-state index contributed by atoms with van der Waals surface area (Å²) in [7, 11) is 0. The summed E-state index contributed by atoms with van der Waals surface area (Å²) in [6, 6.07) is 21.3. The number of piperazine rings is 1. The highest BCUT2D eigenvalue weighted by atomic mass is 16.2. The fourth-order valence-electron chi connectivity index (χ4n) is 3.64. The molecular weight excluding hydrogens is 390 g/mol. The zero-order valence-corrected chi connectivity index (χ0v) is 17.5. The molecule has 31 heavy (non-hydrogen) atoms. The van der Waals surface area contributed by atoms with E-state index in [-0.39, 0.29) is 11.8 Å². The number of hydrogen-bond acceptors (Lipinski definition) is 5. The predicted molar refractivity (Wildman–Crippen MR) is 121 cm³/mol. The van der Waals surface area contributed by atoms with Gasteiger partial charge in [-0.1, -0.05) is 42.5 Å². The molecule has 0 saturated carbocycles. The molecule has 158 valence electrons. The number of nitrogens with zero attached hydrogens (tertiary/aromatic N) is 4. The highest BCUT2D eigenvalue weighted by Gasteiger charge is 2.22. The van der Waals surface area contributed by atoms with Crippen molar-refractivity contribution in [1.82, 2.24) is 15.1 Å². The molecule has 2 amide bonds. The second kappa shape index (κ2) is 9.38. The van der Waals surface area contributed by atoms with E-state index in [1.165, 1.54) is 6.92 Å². The Kier molecular flexibility index (Phi) is 6.21. The SMILES string of the molecule is CC(=O)Nc1ccc(CC(=O)N2CCN(c3ccc(-c4ccccc4)nn3)CC2)cc1. The smallest absolute Gasteiger partial charge is 0.227 e. The normalized spacial score (nSPS) is 13.7. The van der Waals surface area contributed by atoms with E-state index in [2.05, 4.69) is 20.4 Å². The van der Waals surface area contributed by atoms with Gasteiger partial charge < -0.3 is 15.1 Å². The highest BCUT2D eigenvalue weighted by Crippen LogP contribution is 2.19. The molecule has 7 nitrogen and oxygen atoms in total. The van der Waals surface area contributed by atoms with Crippen molar-refractivity contribution in [1.29, 1.82) is 0 Å². The number of benzene rings is 2. The Balaban J connectivity index is 1.30. The van der Waals surface area contributed by atoms with Gasteiger partial charge in [0.15, 0.2) is 5.82 Å². The first-order valence-electron chi connectivity index (χ1n) is 10.4. The van der Waals surface area contributed by atoms with Gasteiger partial charge in [0, 0.05) is 44.4 Å². The van der Waals surface area contributed by atoms with Gasteiger partial charge in [0.2, 0.25) is 11.8 Å². The first kappa shape index (κ1) is 20.5. The van der Waals surface area contributed by atoms with Crippen LogP contribution < -0.4 is 10.2 Å². The third-order valence-corrected chi connectivity index (χ3v) is 5.31. The molecule has 7 heteroatoms. The quantitative estimate of drug-likeness (QED) is 0.693. The van der Waals surface area contributed by atoms with Crippen LogP contribution in [0.3, 0.4) is 0 Å². The van der Waals surface area contributed by atoms with Crippen LogP contribution in [-0.2, 0) is 16.0 Å². The zero-order valence-electron chi connectivity index (χ0n) is 17.5. The van der Waals surface area contributed by atoms with E-state index in [0.29, 0.717) is 19.5 Å². The van der Waals surface area contributed by atoms with Gasteiger partial charge in [0.25, 0.3) is 0 Å². The fourth-order valence-corrected chi connectivity index (χ4v) is 3.64. The third kappa shape index (κ3) is 5.25. The molecule has 1 fully saturated rings. The molecule has 2 aromatic carbocycles. The van der Waals surface area contributed by atoms with Crippen molar-refractivity contribution in [2.45, 2.75) is 13.3 Å². The molecule has 1 aliphatic rings. The summed E-state index contributed by atoms with van der Waals surface area (Å²) in [6.07, 6.45) is 0.353. The van der Waals surface area contributed by atoms with Crippen molar-refractivity contribution >= 4 is 23.3 Å². The Hall–Kier alpha value is -3.74. The lowest BCUT2D eigenvalue weighted by Gasteiger charge is -2.35. The molecule has 0 radical (unpaired) electrons. The third-order valence-electron chi connectivity index (χ3n) is 5.31. The summed E-state index contributed by atoms with van der Waals surface area (Å²) in [6.45, 7) is 4.25. The van der Waals surface area contributed by atoms with E-state index in [0.717, 1.165) is 41.4 Å². The van der Waals surface area contributed by atoms with Crippen molar-refractivity contribution in [3.05, 3.63) is 72.3 Å². The molecule has 1 aromatic heterocycles. The minimum Gasteiger partial charge on any atom is -0.352 e. The van der Waals surface area contributed by atoms with Crippen molar-refractivity contribution in [2.75, 3.05) is 36.4 Å². The lowest BCUT2D eigenvalue weighted by molar-refractivity contribution is -0.130. The Morgan fingerprint density at radius 2 is 1.58 bits per heavy atom. The molecular formula is C24H25N5O2. The Morgan fingerprint density at radius 1 is 0.871 bits per heavy atom. The number of aromatic nitrogens is 2. The fraction of sp³-hybridized carbons (Fsp3) is 0.250. The van der Waals surface area contributed by atoms with Gasteiger partial charge in [-0.3, -0.25) is 9.59 Å². The number of amides is 2. The first-order valence-corrected chi connectivity index (χ1v) is 10.4. The topological polar surface area (TPSA) is 78.4 Å². The van der Waals surface area contributed by atoms with Crippen LogP contribution in [-0.4, -0.2) is 53.1 Å². The van der Waals surface area contributed by atoms with Crippen LogP contribution in [0.4, 0.5) is 11.5 Å². The minimum absolute atomic E-state index is 0.109. The van der Waals surface area contributed by atoms with Crippen LogP contribution >= 0.6 is 0 Å². The van der Waals surface area contributed by atoms with Crippen LogP contribution in [0.1, 0.15) is 12.5 Å². The number of rotatable bonds is 5. The van der Waals surface area contributed by atoms with Crippen molar-refractivity contribution in [3.8, 4) is 11.3 Å². The second-order valence-electron chi connectivity index (χ2n) is 7.57. The second-order valence-corrected chi connectivity index (χ2v) is 7.57. The van der Waals surface area contributed by atoms with E-state index >= 15 is 0 Å². The molecule has 1 saturated heterocycles. The van der Waals surface area contributed by atoms with Crippen molar-refractivity contribution < 1.29 is 9.59 Å². The minimum atomic E-state index is -0.110. The molecule has 2 heterocycles. The molecule has 1 aliphatic heterocycles. The van der Waals surface area contributed by atoms with E-state index in [4.69, 9.17) is 0 Å². The summed E-state index contributed by atoms with van der Waals surface area (Å²) in [5.41, 5.74) is 3.56. The first-order chi connectivity index (χ1) is 15.1. The zero-order chi connectivity index (χ0) is 21.6. The van der Waals surface area contributed by atoms with Crippen molar-refractivity contribution in [3.63, 3.8) is 0 Å². The lowest BCUT2D eigenvalue weighted by atomic mass is 10.1. The van der Waals surface area contributed by atoms with Crippen LogP contribution in [0, 0.1) is 0 Å². The number of nitrogens with one attached hydrogen (secondary N) is 1. The van der Waals surface area contributed by atoms with Crippen LogP contribution in [0.5, 0.6) is 0 Å². The maximum atomic E-state index is 12.7. The summed E-state index contributed by atoms with van der Waals surface area (Å²) < 4.78 is 0. The van der Waals surface area contributed by atoms with Crippen LogP contribution in [0.15, 0.2) is 66.7 Å². The Bertz CT molecular complexity index is 1030. The molecule has 0 bridgehead atoms. The monoisotopic (exact) mass is 415 g/mol. The molecule has 0 spiro atoms. The molecule has 0 atom stereocenters. The number of carbonyl (C=O) groups excluding carboxylic acids is 2. The largest absolute Gasteiger partial charge is 0.352 e. The number of carbonyl (C=O) groups is 2. The molecule has 0 aliphatic carbocycles. The van der Waals surface area contributed by atoms with Gasteiger partial charge in [-0.2, -0.15) is 0 Å². The van der Waals surface area contributed by atoms with E-state index in [9.17, 15) is 9.59 Å². The van der Waals surface area contributed by atoms with Gasteiger partial charge in [0.05, 0.1) is 12.1 Å². The highest BCUT2D eigenvalue weighted by molar-refractivity contribution is 5.88. The summed E-state index contributed by atoms with van der Waals surface area (Å²) in [4.78, 5) is 27.8. The average molecular weight is 415 g/mol. The van der Waals surface area contributed by atoms with Gasteiger partial charge in [-0.25, -0.2) is 0 Å². The number of anilines is 2. The Morgan fingerprint density at radius 3 is 2.19 bits per heavy atom. The van der Waals surface area contributed by atoms with Crippen LogP contribution in [0.2, 0.25) is 0 Å². The summed E-state index contributed by atoms with van der Waals surface area (Å²) in [5, 5.41) is 11.5. The van der Waals surface area contributed by atoms with Crippen LogP contribution in [0.25, 0.3) is 11.3 Å². The molecule has 4 rings (SSSR count). The van der Waals surface area contributed by atoms with Crippen molar-refractivity contribution in [2.24, 2.45) is 0 Å². The molecule has 0 unspecified atom stereocenters. The predicted octanol–water partition coefficient (Wildman–Crippen LogP) is 2.99. The van der Waals surface area contributed by atoms with Gasteiger partial charge in [-0.05, 0) is 29.8 Å². The van der Waals surface area contributed by atoms with E-state index in [1.54, 1.807) is 0 Å². The van der Waals surface area contributed by atoms with Gasteiger partial charge in [0.1, 0.15) is 0 Å². The van der Waals surface area contributed by atoms with Gasteiger partial charge >= 0.3 is 0 Å². The Labute approximate surface area is 181 Å². The maximum Gasteiger partial charge on any atom is 0.227 e. The standard InChI is InChI=1S/C24H25N5O2/c1-18(30)25-21-9-7-19(8-10-21)17-24(31)29-15-13-28(14-16-29)23-12-11-22(26-27-23)20-5-3-2-4-6-20/h2-12H,13-17H2,1H3,(H,25,30). The van der Waals surface area contributed by atoms with Gasteiger partial charge in [-0.15, -0.1) is 10.2 Å². The van der Waals surface area contributed by atoms with E-state index in [1.807, 2.05) is 71.6 Å². The lowest BCUT2D eigenvalue weighted by Crippen LogP contribution is -2.49. The number of hydrogen-bond donors (Lipinski definition) is 1. The van der Waals surface area contributed by atoms with E-state index < -0.39 is 0 Å². The maximum absolute atomic E-state index is 12.7. The summed E-state index contributed by atoms with van der Waals surface area (Å²) >= 11 is 0. The molecule has 3 aromatic rings. The summed E-state index contributed by atoms with van der Waals surface area (Å²) in [5.74, 6) is 0.832.